The van der Waals surface area contributed by atoms with E-state index < -0.39 is 0 Å². The predicted molar refractivity (Wildman–Crippen MR) is 59.5 cm³/mol. The number of ketones is 2. The van der Waals surface area contributed by atoms with Crippen molar-refractivity contribution in [3.63, 3.8) is 0 Å². The minimum atomic E-state index is -0.0168. The van der Waals surface area contributed by atoms with E-state index in [1.54, 1.807) is 5.01 Å². The molecular formula is C12H14N2O2. The molecule has 4 nitrogen and oxygen atoms in total. The molecule has 1 aliphatic heterocycles. The van der Waals surface area contributed by atoms with Crippen molar-refractivity contribution in [3.8, 4) is 0 Å². The van der Waals surface area contributed by atoms with Gasteiger partial charge in [0.1, 0.15) is 0 Å². The van der Waals surface area contributed by atoms with Gasteiger partial charge in [-0.25, -0.2) is 10.4 Å². The highest BCUT2D eigenvalue weighted by molar-refractivity contribution is 6.02. The lowest BCUT2D eigenvalue weighted by atomic mass is 10.1. The molecule has 0 atom stereocenters. The Morgan fingerprint density at radius 3 is 2.31 bits per heavy atom. The van der Waals surface area contributed by atoms with E-state index in [-0.39, 0.29) is 18.0 Å². The lowest BCUT2D eigenvalue weighted by molar-refractivity contribution is -0.133. The van der Waals surface area contributed by atoms with Crippen molar-refractivity contribution in [2.45, 2.75) is 13.0 Å². The first-order valence-corrected chi connectivity index (χ1v) is 5.30. The number of carbonyl (C=O) groups excluding carboxylic acids is 2. The molecule has 4 heteroatoms. The summed E-state index contributed by atoms with van der Waals surface area (Å²) >= 11 is 0. The third-order valence-corrected chi connectivity index (χ3v) is 2.48. The molecule has 0 aliphatic carbocycles. The molecule has 1 aromatic rings. The molecule has 84 valence electrons. The highest BCUT2D eigenvalue weighted by Gasteiger charge is 2.22. The van der Waals surface area contributed by atoms with Gasteiger partial charge in [-0.15, -0.1) is 0 Å². The summed E-state index contributed by atoms with van der Waals surface area (Å²) in [5.74, 6) is -0.0337. The Morgan fingerprint density at radius 2 is 1.69 bits per heavy atom. The monoisotopic (exact) mass is 218 g/mol. The molecule has 16 heavy (non-hydrogen) atoms. The molecule has 1 aliphatic rings. The van der Waals surface area contributed by atoms with Crippen LogP contribution in [0.3, 0.4) is 0 Å². The maximum Gasteiger partial charge on any atom is 0.155 e. The Hall–Kier alpha value is -1.52. The van der Waals surface area contributed by atoms with Crippen LogP contribution in [0.15, 0.2) is 30.3 Å². The van der Waals surface area contributed by atoms with Gasteiger partial charge in [-0.3, -0.25) is 9.59 Å². The topological polar surface area (TPSA) is 49.4 Å². The molecule has 0 bridgehead atoms. The van der Waals surface area contributed by atoms with Gasteiger partial charge in [-0.2, -0.15) is 0 Å². The number of hydrogen-bond donors (Lipinski definition) is 1. The Bertz CT molecular complexity index is 373. The maximum absolute atomic E-state index is 11.2. The fourth-order valence-electron chi connectivity index (χ4n) is 1.72. The average Bonchev–Trinajstić information content (AvgIpc) is 2.27. The van der Waals surface area contributed by atoms with Crippen LogP contribution in [0.5, 0.6) is 0 Å². The summed E-state index contributed by atoms with van der Waals surface area (Å²) in [6.07, 6.45) is 0.0868. The van der Waals surface area contributed by atoms with E-state index in [1.807, 2.05) is 30.3 Å². The Labute approximate surface area is 94.2 Å². The number of carbonyl (C=O) groups is 2. The zero-order chi connectivity index (χ0) is 11.4. The molecule has 0 amide bonds. The number of hydrogen-bond acceptors (Lipinski definition) is 4. The lowest BCUT2D eigenvalue weighted by Crippen LogP contribution is -2.48. The fourth-order valence-corrected chi connectivity index (χ4v) is 1.72. The molecule has 0 unspecified atom stereocenters. The number of nitrogens with zero attached hydrogens (tertiary/aromatic N) is 1. The highest BCUT2D eigenvalue weighted by atomic mass is 16.2. The Kier molecular flexibility index (Phi) is 3.44. The van der Waals surface area contributed by atoms with Gasteiger partial charge < -0.3 is 0 Å². The largest absolute Gasteiger partial charge is 0.298 e. The number of nitrogens with one attached hydrogen (secondary N) is 1. The zero-order valence-electron chi connectivity index (χ0n) is 8.98. The van der Waals surface area contributed by atoms with Crippen molar-refractivity contribution in [1.82, 2.24) is 10.4 Å². The molecule has 0 aromatic heterocycles. The van der Waals surface area contributed by atoms with Crippen LogP contribution in [0.4, 0.5) is 0 Å². The molecule has 1 heterocycles. The van der Waals surface area contributed by atoms with Crippen LogP contribution in [0.2, 0.25) is 0 Å². The van der Waals surface area contributed by atoms with E-state index in [9.17, 15) is 9.59 Å². The number of benzene rings is 1. The van der Waals surface area contributed by atoms with Gasteiger partial charge in [0.2, 0.25) is 0 Å². The van der Waals surface area contributed by atoms with Crippen molar-refractivity contribution < 1.29 is 9.59 Å². The van der Waals surface area contributed by atoms with Gasteiger partial charge in [0.15, 0.2) is 11.6 Å². The SMILES string of the molecule is O=C1CC(=O)CN(NCc2ccccc2)C1. The fraction of sp³-hybridized carbons (Fsp3) is 0.333. The van der Waals surface area contributed by atoms with Gasteiger partial charge in [0, 0.05) is 6.54 Å². The van der Waals surface area contributed by atoms with Crippen molar-refractivity contribution >= 4 is 11.6 Å². The Morgan fingerprint density at radius 1 is 1.06 bits per heavy atom. The van der Waals surface area contributed by atoms with Crippen LogP contribution in [-0.2, 0) is 16.1 Å². The van der Waals surface area contributed by atoms with Gasteiger partial charge in [0.05, 0.1) is 19.5 Å². The molecular weight excluding hydrogens is 204 g/mol. The minimum absolute atomic E-state index is 0.0168. The minimum Gasteiger partial charge on any atom is -0.298 e. The zero-order valence-corrected chi connectivity index (χ0v) is 8.98. The van der Waals surface area contributed by atoms with E-state index in [4.69, 9.17) is 0 Å². The predicted octanol–water partition coefficient (Wildman–Crippen LogP) is 0.535. The van der Waals surface area contributed by atoms with E-state index in [1.165, 1.54) is 0 Å². The normalized spacial score (nSPS) is 17.8. The van der Waals surface area contributed by atoms with Gasteiger partial charge in [-0.1, -0.05) is 30.3 Å². The summed E-state index contributed by atoms with van der Waals surface area (Å²) in [5, 5.41) is 1.68. The molecule has 2 rings (SSSR count). The van der Waals surface area contributed by atoms with Crippen LogP contribution < -0.4 is 5.43 Å². The molecule has 0 spiro atoms. The van der Waals surface area contributed by atoms with E-state index in [0.717, 1.165) is 5.56 Å². The second kappa shape index (κ2) is 5.01. The third-order valence-electron chi connectivity index (χ3n) is 2.48. The smallest absolute Gasteiger partial charge is 0.155 e. The second-order valence-electron chi connectivity index (χ2n) is 3.93. The summed E-state index contributed by atoms with van der Waals surface area (Å²) in [5.41, 5.74) is 4.22. The first-order valence-electron chi connectivity index (χ1n) is 5.30. The maximum atomic E-state index is 11.2. The number of piperidine rings is 1. The molecule has 1 N–H and O–H groups in total. The highest BCUT2D eigenvalue weighted by Crippen LogP contribution is 2.02. The summed E-state index contributed by atoms with van der Waals surface area (Å²) < 4.78 is 0. The number of Topliss-reactive ketones (excluding diaryl/α,β-unsaturated/α-hetero) is 2. The van der Waals surface area contributed by atoms with Gasteiger partial charge in [0.25, 0.3) is 0 Å². The molecule has 0 radical (unpaired) electrons. The van der Waals surface area contributed by atoms with Gasteiger partial charge >= 0.3 is 0 Å². The first-order chi connectivity index (χ1) is 7.74. The van der Waals surface area contributed by atoms with Crippen molar-refractivity contribution in [2.24, 2.45) is 0 Å². The average molecular weight is 218 g/mol. The third kappa shape index (κ3) is 2.98. The van der Waals surface area contributed by atoms with Crippen LogP contribution in [0.1, 0.15) is 12.0 Å². The standard InChI is InChI=1S/C12H14N2O2/c15-11-6-12(16)9-14(8-11)13-7-10-4-2-1-3-5-10/h1-5,13H,6-9H2. The molecule has 1 fully saturated rings. The van der Waals surface area contributed by atoms with Gasteiger partial charge in [-0.05, 0) is 5.56 Å². The van der Waals surface area contributed by atoms with Crippen molar-refractivity contribution in [3.05, 3.63) is 35.9 Å². The van der Waals surface area contributed by atoms with Crippen molar-refractivity contribution in [1.29, 1.82) is 0 Å². The molecule has 1 saturated heterocycles. The second-order valence-corrected chi connectivity index (χ2v) is 3.93. The van der Waals surface area contributed by atoms with Crippen LogP contribution >= 0.6 is 0 Å². The van der Waals surface area contributed by atoms with E-state index >= 15 is 0 Å². The van der Waals surface area contributed by atoms with Crippen LogP contribution in [0, 0.1) is 0 Å². The number of rotatable bonds is 3. The summed E-state index contributed by atoms with van der Waals surface area (Å²) in [6.45, 7) is 1.28. The van der Waals surface area contributed by atoms with Crippen molar-refractivity contribution in [2.75, 3.05) is 13.1 Å². The molecule has 1 aromatic carbocycles. The summed E-state index contributed by atoms with van der Waals surface area (Å²) in [4.78, 5) is 22.4. The Balaban J connectivity index is 1.86. The van der Waals surface area contributed by atoms with Crippen LogP contribution in [-0.4, -0.2) is 29.7 Å². The first kappa shape index (κ1) is 11.0. The summed E-state index contributed by atoms with van der Waals surface area (Å²) in [6, 6.07) is 9.88. The van der Waals surface area contributed by atoms with E-state index in [0.29, 0.717) is 19.6 Å². The summed E-state index contributed by atoms with van der Waals surface area (Å²) in [7, 11) is 0. The van der Waals surface area contributed by atoms with E-state index in [2.05, 4.69) is 5.43 Å². The van der Waals surface area contributed by atoms with Crippen LogP contribution in [0.25, 0.3) is 0 Å². The number of hydrazine groups is 1. The molecule has 0 saturated carbocycles. The lowest BCUT2D eigenvalue weighted by Gasteiger charge is -2.25. The quantitative estimate of drug-likeness (QED) is 0.752.